The molecule has 4 heteroatoms. The summed E-state index contributed by atoms with van der Waals surface area (Å²) < 4.78 is 0.990. The number of benzene rings is 2. The van der Waals surface area contributed by atoms with Gasteiger partial charge in [-0.05, 0) is 42.3 Å². The van der Waals surface area contributed by atoms with Crippen LogP contribution in [0.4, 0.5) is 0 Å². The third-order valence-corrected chi connectivity index (χ3v) is 4.04. The lowest BCUT2D eigenvalue weighted by Crippen LogP contribution is -2.18. The molecule has 0 spiro atoms. The fraction of sp³-hybridized carbons (Fsp3) is 0.200. The van der Waals surface area contributed by atoms with E-state index in [1.165, 1.54) is 5.56 Å². The average Bonchev–Trinajstić information content (AvgIpc) is 2.37. The van der Waals surface area contributed by atoms with Crippen LogP contribution in [0.5, 0.6) is 0 Å². The number of nitrogens with one attached hydrogen (secondary N) is 1. The highest BCUT2D eigenvalue weighted by Crippen LogP contribution is 2.23. The predicted octanol–water partition coefficient (Wildman–Crippen LogP) is 5.61. The van der Waals surface area contributed by atoms with Gasteiger partial charge < -0.3 is 5.32 Å². The van der Waals surface area contributed by atoms with Crippen LogP contribution in [-0.4, -0.2) is 0 Å². The summed E-state index contributed by atoms with van der Waals surface area (Å²) >= 11 is 15.6. The van der Waals surface area contributed by atoms with E-state index in [4.69, 9.17) is 23.2 Å². The van der Waals surface area contributed by atoms with Crippen LogP contribution in [0, 0.1) is 0 Å². The van der Waals surface area contributed by atoms with E-state index in [1.54, 1.807) is 0 Å². The van der Waals surface area contributed by atoms with Crippen molar-refractivity contribution in [3.05, 3.63) is 68.1 Å². The second-order valence-electron chi connectivity index (χ2n) is 4.39. The highest BCUT2D eigenvalue weighted by atomic mass is 79.9. The van der Waals surface area contributed by atoms with Gasteiger partial charge in [0.2, 0.25) is 0 Å². The maximum absolute atomic E-state index is 6.19. The first kappa shape index (κ1) is 14.9. The maximum Gasteiger partial charge on any atom is 0.0462 e. The van der Waals surface area contributed by atoms with Crippen molar-refractivity contribution in [3.8, 4) is 0 Å². The van der Waals surface area contributed by atoms with Gasteiger partial charge in [-0.3, -0.25) is 0 Å². The van der Waals surface area contributed by atoms with E-state index in [0.29, 0.717) is 0 Å². The first-order chi connectivity index (χ1) is 9.06. The van der Waals surface area contributed by atoms with Crippen molar-refractivity contribution < 1.29 is 0 Å². The summed E-state index contributed by atoms with van der Waals surface area (Å²) in [4.78, 5) is 0. The van der Waals surface area contributed by atoms with Gasteiger partial charge in [0.1, 0.15) is 0 Å². The summed E-state index contributed by atoms with van der Waals surface area (Å²) in [6.07, 6.45) is 0. The van der Waals surface area contributed by atoms with Gasteiger partial charge in [0.15, 0.2) is 0 Å². The molecule has 0 saturated heterocycles. The maximum atomic E-state index is 6.19. The largest absolute Gasteiger partial charge is 0.306 e. The first-order valence-corrected chi connectivity index (χ1v) is 7.54. The van der Waals surface area contributed by atoms with E-state index in [0.717, 1.165) is 26.6 Å². The minimum atomic E-state index is 0.221. The summed E-state index contributed by atoms with van der Waals surface area (Å²) in [5.41, 5.74) is 2.25. The Kier molecular flexibility index (Phi) is 5.28. The smallest absolute Gasteiger partial charge is 0.0462 e. The van der Waals surface area contributed by atoms with E-state index in [-0.39, 0.29) is 6.04 Å². The zero-order chi connectivity index (χ0) is 13.8. The Morgan fingerprint density at radius 1 is 1.16 bits per heavy atom. The Bertz CT molecular complexity index is 572. The van der Waals surface area contributed by atoms with Crippen LogP contribution in [0.25, 0.3) is 0 Å². The van der Waals surface area contributed by atoms with Crippen molar-refractivity contribution >= 4 is 39.1 Å². The normalized spacial score (nSPS) is 12.4. The van der Waals surface area contributed by atoms with Crippen LogP contribution >= 0.6 is 39.1 Å². The third-order valence-electron chi connectivity index (χ3n) is 2.96. The number of hydrogen-bond acceptors (Lipinski definition) is 1. The Morgan fingerprint density at radius 2 is 1.95 bits per heavy atom. The standard InChI is InChI=1S/C15H14BrCl2N/c1-10(11-3-2-4-14(17)7-11)19-9-12-5-6-13(16)8-15(12)18/h2-8,10,19H,9H2,1H3/t10-/m0/s1. The average molecular weight is 359 g/mol. The Balaban J connectivity index is 2.02. The van der Waals surface area contributed by atoms with Gasteiger partial charge in [0.05, 0.1) is 0 Å². The molecule has 2 aromatic carbocycles. The van der Waals surface area contributed by atoms with Crippen molar-refractivity contribution in [2.45, 2.75) is 19.5 Å². The molecule has 1 nitrogen and oxygen atoms in total. The monoisotopic (exact) mass is 357 g/mol. The fourth-order valence-corrected chi connectivity index (χ4v) is 2.76. The van der Waals surface area contributed by atoms with Gasteiger partial charge in [0, 0.05) is 27.1 Å². The van der Waals surface area contributed by atoms with Crippen LogP contribution in [0.15, 0.2) is 46.9 Å². The second-order valence-corrected chi connectivity index (χ2v) is 6.15. The molecular weight excluding hydrogens is 345 g/mol. The van der Waals surface area contributed by atoms with Crippen LogP contribution in [0.1, 0.15) is 24.1 Å². The van der Waals surface area contributed by atoms with E-state index >= 15 is 0 Å². The van der Waals surface area contributed by atoms with E-state index in [1.807, 2.05) is 36.4 Å². The van der Waals surface area contributed by atoms with Gasteiger partial charge in [-0.15, -0.1) is 0 Å². The van der Waals surface area contributed by atoms with Crippen molar-refractivity contribution in [2.75, 3.05) is 0 Å². The fourth-order valence-electron chi connectivity index (χ4n) is 1.82. The Labute approximate surface area is 132 Å². The lowest BCUT2D eigenvalue weighted by molar-refractivity contribution is 0.575. The predicted molar refractivity (Wildman–Crippen MR) is 85.9 cm³/mol. The van der Waals surface area contributed by atoms with Crippen LogP contribution in [-0.2, 0) is 6.54 Å². The van der Waals surface area contributed by atoms with Crippen molar-refractivity contribution in [2.24, 2.45) is 0 Å². The molecule has 0 amide bonds. The molecule has 0 aromatic heterocycles. The minimum absolute atomic E-state index is 0.221. The molecule has 2 rings (SSSR count). The molecule has 100 valence electrons. The summed E-state index contributed by atoms with van der Waals surface area (Å²) in [7, 11) is 0. The van der Waals surface area contributed by atoms with Crippen molar-refractivity contribution in [1.82, 2.24) is 5.32 Å². The molecule has 0 aliphatic carbocycles. The number of rotatable bonds is 4. The topological polar surface area (TPSA) is 12.0 Å². The molecule has 1 N–H and O–H groups in total. The SMILES string of the molecule is C[C@H](NCc1ccc(Br)cc1Cl)c1cccc(Cl)c1. The number of hydrogen-bond donors (Lipinski definition) is 1. The second kappa shape index (κ2) is 6.76. The van der Waals surface area contributed by atoms with E-state index < -0.39 is 0 Å². The Morgan fingerprint density at radius 3 is 2.63 bits per heavy atom. The minimum Gasteiger partial charge on any atom is -0.306 e. The van der Waals surface area contributed by atoms with Gasteiger partial charge >= 0.3 is 0 Å². The molecule has 0 bridgehead atoms. The van der Waals surface area contributed by atoms with Gasteiger partial charge in [-0.25, -0.2) is 0 Å². The third kappa shape index (κ3) is 4.22. The first-order valence-electron chi connectivity index (χ1n) is 5.99. The molecule has 0 heterocycles. The highest BCUT2D eigenvalue weighted by Gasteiger charge is 2.07. The lowest BCUT2D eigenvalue weighted by atomic mass is 10.1. The summed E-state index contributed by atoms with van der Waals surface area (Å²) in [5, 5.41) is 4.97. The van der Waals surface area contributed by atoms with Gasteiger partial charge in [-0.1, -0.05) is 57.3 Å². The molecule has 2 aromatic rings. The molecule has 1 atom stereocenters. The lowest BCUT2D eigenvalue weighted by Gasteiger charge is -2.15. The van der Waals surface area contributed by atoms with Crippen LogP contribution in [0.3, 0.4) is 0 Å². The van der Waals surface area contributed by atoms with Crippen molar-refractivity contribution in [1.29, 1.82) is 0 Å². The number of halogens is 3. The van der Waals surface area contributed by atoms with Crippen LogP contribution in [0.2, 0.25) is 10.0 Å². The van der Waals surface area contributed by atoms with Gasteiger partial charge in [-0.2, -0.15) is 0 Å². The van der Waals surface area contributed by atoms with Crippen molar-refractivity contribution in [3.63, 3.8) is 0 Å². The molecular formula is C15H14BrCl2N. The summed E-state index contributed by atoms with van der Waals surface area (Å²) in [6.45, 7) is 2.83. The molecule has 0 unspecified atom stereocenters. The summed E-state index contributed by atoms with van der Waals surface area (Å²) in [5.74, 6) is 0. The zero-order valence-corrected chi connectivity index (χ0v) is 13.6. The Hall–Kier alpha value is -0.540. The molecule has 0 aliphatic heterocycles. The van der Waals surface area contributed by atoms with Crippen LogP contribution < -0.4 is 5.32 Å². The highest BCUT2D eigenvalue weighted by molar-refractivity contribution is 9.10. The summed E-state index contributed by atoms with van der Waals surface area (Å²) in [6, 6.07) is 14.0. The zero-order valence-electron chi connectivity index (χ0n) is 10.5. The molecule has 0 radical (unpaired) electrons. The molecule has 0 saturated carbocycles. The quantitative estimate of drug-likeness (QED) is 0.749. The molecule has 0 aliphatic rings. The molecule has 19 heavy (non-hydrogen) atoms. The molecule has 0 fully saturated rings. The van der Waals surface area contributed by atoms with E-state index in [9.17, 15) is 0 Å². The van der Waals surface area contributed by atoms with E-state index in [2.05, 4.69) is 34.2 Å². The van der Waals surface area contributed by atoms with Gasteiger partial charge in [0.25, 0.3) is 0 Å².